The van der Waals surface area contributed by atoms with Crippen molar-refractivity contribution in [1.82, 2.24) is 19.4 Å². The summed E-state index contributed by atoms with van der Waals surface area (Å²) < 4.78 is 24.5. The van der Waals surface area contributed by atoms with E-state index in [1.807, 2.05) is 35.4 Å². The fourth-order valence-electron chi connectivity index (χ4n) is 4.79. The maximum atomic E-state index is 5.90. The number of aromatic nitrogens is 3. The van der Waals surface area contributed by atoms with Crippen molar-refractivity contribution in [3.63, 3.8) is 0 Å². The van der Waals surface area contributed by atoms with Gasteiger partial charge in [0.2, 0.25) is 0 Å². The molecule has 1 aliphatic heterocycles. The predicted octanol–water partition coefficient (Wildman–Crippen LogP) is 4.35. The lowest BCUT2D eigenvalue weighted by Gasteiger charge is -2.26. The van der Waals surface area contributed by atoms with E-state index in [0.29, 0.717) is 26.4 Å². The van der Waals surface area contributed by atoms with E-state index in [1.54, 1.807) is 13.3 Å². The predicted molar refractivity (Wildman–Crippen MR) is 158 cm³/mol. The van der Waals surface area contributed by atoms with E-state index in [2.05, 4.69) is 68.3 Å². The van der Waals surface area contributed by atoms with Crippen molar-refractivity contribution in [2.75, 3.05) is 64.7 Å². The molecule has 41 heavy (non-hydrogen) atoms. The first-order chi connectivity index (χ1) is 20.3. The average Bonchev–Trinajstić information content (AvgIpc) is 3.57. The minimum absolute atomic E-state index is 0.438. The monoisotopic (exact) mass is 557 g/mol. The van der Waals surface area contributed by atoms with E-state index >= 15 is 0 Å². The Morgan fingerprint density at radius 1 is 0.878 bits per heavy atom. The SMILES string of the molecule is COc1cccc(CN(Cc2ccc(-n3ccnc3)cc2)c2ccnc(COCCOCCN3CCOCC3)c2)c1. The van der Waals surface area contributed by atoms with Crippen LogP contribution in [0.1, 0.15) is 16.8 Å². The van der Waals surface area contributed by atoms with E-state index in [0.717, 1.165) is 68.8 Å². The van der Waals surface area contributed by atoms with Gasteiger partial charge >= 0.3 is 0 Å². The van der Waals surface area contributed by atoms with E-state index in [1.165, 1.54) is 11.1 Å². The second kappa shape index (κ2) is 15.3. The van der Waals surface area contributed by atoms with Crippen LogP contribution >= 0.6 is 0 Å². The summed E-state index contributed by atoms with van der Waals surface area (Å²) in [5, 5.41) is 0. The lowest BCUT2D eigenvalue weighted by molar-refractivity contribution is 0.00553. The Labute approximate surface area is 242 Å². The zero-order valence-electron chi connectivity index (χ0n) is 23.7. The summed E-state index contributed by atoms with van der Waals surface area (Å²) in [7, 11) is 1.70. The van der Waals surface area contributed by atoms with Crippen LogP contribution in [0.3, 0.4) is 0 Å². The molecule has 4 aromatic rings. The molecule has 1 fully saturated rings. The number of imidazole rings is 1. The number of ether oxygens (including phenoxy) is 4. The molecule has 216 valence electrons. The Balaban J connectivity index is 1.19. The Morgan fingerprint density at radius 2 is 1.71 bits per heavy atom. The summed E-state index contributed by atoms with van der Waals surface area (Å²) in [5.74, 6) is 0.850. The van der Waals surface area contributed by atoms with Crippen LogP contribution in [0.4, 0.5) is 5.69 Å². The number of pyridine rings is 1. The first kappa shape index (κ1) is 28.8. The van der Waals surface area contributed by atoms with Crippen molar-refractivity contribution >= 4 is 5.69 Å². The van der Waals surface area contributed by atoms with Crippen LogP contribution in [0, 0.1) is 0 Å². The van der Waals surface area contributed by atoms with Crippen LogP contribution in [0.15, 0.2) is 85.6 Å². The smallest absolute Gasteiger partial charge is 0.119 e. The molecule has 0 radical (unpaired) electrons. The summed E-state index contributed by atoms with van der Waals surface area (Å²) in [4.78, 5) is 13.4. The molecule has 0 spiro atoms. The molecule has 2 aromatic carbocycles. The summed E-state index contributed by atoms with van der Waals surface area (Å²) in [6.45, 7) is 8.23. The number of benzene rings is 2. The third-order valence-electron chi connectivity index (χ3n) is 7.06. The molecule has 0 amide bonds. The van der Waals surface area contributed by atoms with Crippen molar-refractivity contribution in [1.29, 1.82) is 0 Å². The second-order valence-corrected chi connectivity index (χ2v) is 9.97. The lowest BCUT2D eigenvalue weighted by atomic mass is 10.1. The average molecular weight is 558 g/mol. The maximum Gasteiger partial charge on any atom is 0.119 e. The second-order valence-electron chi connectivity index (χ2n) is 9.97. The Kier molecular flexibility index (Phi) is 10.7. The van der Waals surface area contributed by atoms with Crippen LogP contribution in [0.25, 0.3) is 5.69 Å². The molecule has 5 rings (SSSR count). The van der Waals surface area contributed by atoms with Crippen LogP contribution in [-0.2, 0) is 33.9 Å². The van der Waals surface area contributed by atoms with Crippen molar-refractivity contribution < 1.29 is 18.9 Å². The van der Waals surface area contributed by atoms with E-state index in [-0.39, 0.29) is 0 Å². The number of morpholine rings is 1. The number of rotatable bonds is 15. The van der Waals surface area contributed by atoms with Gasteiger partial charge in [-0.15, -0.1) is 0 Å². The van der Waals surface area contributed by atoms with Crippen molar-refractivity contribution in [2.45, 2.75) is 19.7 Å². The van der Waals surface area contributed by atoms with Gasteiger partial charge in [-0.1, -0.05) is 24.3 Å². The zero-order valence-corrected chi connectivity index (χ0v) is 23.7. The molecule has 0 atom stereocenters. The molecular formula is C32H39N5O4. The number of nitrogens with zero attached hydrogens (tertiary/aromatic N) is 5. The molecule has 2 aromatic heterocycles. The van der Waals surface area contributed by atoms with E-state index in [4.69, 9.17) is 18.9 Å². The first-order valence-corrected chi connectivity index (χ1v) is 14.1. The summed E-state index contributed by atoms with van der Waals surface area (Å²) in [5.41, 5.74) is 5.44. The molecule has 9 nitrogen and oxygen atoms in total. The Hall–Kier alpha value is -3.76. The lowest BCUT2D eigenvalue weighted by Crippen LogP contribution is -2.38. The third-order valence-corrected chi connectivity index (χ3v) is 7.06. The minimum atomic E-state index is 0.438. The molecule has 1 saturated heterocycles. The highest BCUT2D eigenvalue weighted by Gasteiger charge is 2.12. The zero-order chi connectivity index (χ0) is 28.1. The van der Waals surface area contributed by atoms with Crippen molar-refractivity contribution in [3.05, 3.63) is 102 Å². The van der Waals surface area contributed by atoms with E-state index in [9.17, 15) is 0 Å². The molecule has 0 bridgehead atoms. The van der Waals surface area contributed by atoms with Gasteiger partial charge < -0.3 is 28.4 Å². The highest BCUT2D eigenvalue weighted by molar-refractivity contribution is 5.49. The topological polar surface area (TPSA) is 74.1 Å². The van der Waals surface area contributed by atoms with Gasteiger partial charge in [0.25, 0.3) is 0 Å². The van der Waals surface area contributed by atoms with Crippen LogP contribution in [-0.4, -0.2) is 79.2 Å². The van der Waals surface area contributed by atoms with Crippen molar-refractivity contribution in [2.24, 2.45) is 0 Å². The molecule has 3 heterocycles. The quantitative estimate of drug-likeness (QED) is 0.200. The Bertz CT molecular complexity index is 1310. The van der Waals surface area contributed by atoms with Crippen LogP contribution in [0.5, 0.6) is 5.75 Å². The first-order valence-electron chi connectivity index (χ1n) is 14.1. The Morgan fingerprint density at radius 3 is 2.51 bits per heavy atom. The van der Waals surface area contributed by atoms with Crippen LogP contribution < -0.4 is 9.64 Å². The van der Waals surface area contributed by atoms with Gasteiger partial charge in [0.05, 0.1) is 58.8 Å². The number of anilines is 1. The molecule has 0 N–H and O–H groups in total. The molecule has 0 unspecified atom stereocenters. The minimum Gasteiger partial charge on any atom is -0.497 e. The van der Waals surface area contributed by atoms with Gasteiger partial charge in [-0.2, -0.15) is 0 Å². The van der Waals surface area contributed by atoms with E-state index < -0.39 is 0 Å². The molecule has 1 aliphatic rings. The summed E-state index contributed by atoms with van der Waals surface area (Å²) in [6, 6.07) is 20.9. The van der Waals surface area contributed by atoms with Gasteiger partial charge in [-0.05, 0) is 47.5 Å². The highest BCUT2D eigenvalue weighted by Crippen LogP contribution is 2.23. The maximum absolute atomic E-state index is 5.90. The standard InChI is InChI=1S/C32H39N5O4/c1-38-32-4-2-3-28(21-32)24-37(23-27-5-7-30(8-6-27)36-12-11-33-26-36)31-9-10-34-29(22-31)25-41-20-19-40-18-15-35-13-16-39-17-14-35/h2-12,21-22,26H,13-20,23-25H2,1H3. The molecular weight excluding hydrogens is 518 g/mol. The summed E-state index contributed by atoms with van der Waals surface area (Å²) >= 11 is 0. The fraction of sp³-hybridized carbons (Fsp3) is 0.375. The normalized spacial score (nSPS) is 13.8. The van der Waals surface area contributed by atoms with Gasteiger partial charge in [-0.3, -0.25) is 9.88 Å². The molecule has 0 saturated carbocycles. The number of hydrogen-bond donors (Lipinski definition) is 0. The van der Waals surface area contributed by atoms with Gasteiger partial charge in [0, 0.05) is 62.7 Å². The highest BCUT2D eigenvalue weighted by atomic mass is 16.5. The summed E-state index contributed by atoms with van der Waals surface area (Å²) in [6.07, 6.45) is 7.40. The molecule has 9 heteroatoms. The third kappa shape index (κ3) is 8.86. The number of hydrogen-bond acceptors (Lipinski definition) is 8. The largest absolute Gasteiger partial charge is 0.497 e. The van der Waals surface area contributed by atoms with Gasteiger partial charge in [-0.25, -0.2) is 4.98 Å². The molecule has 0 aliphatic carbocycles. The van der Waals surface area contributed by atoms with Gasteiger partial charge in [0.15, 0.2) is 0 Å². The van der Waals surface area contributed by atoms with Gasteiger partial charge in [0.1, 0.15) is 5.75 Å². The fourth-order valence-corrected chi connectivity index (χ4v) is 4.79. The number of methoxy groups -OCH3 is 1. The van der Waals surface area contributed by atoms with Crippen molar-refractivity contribution in [3.8, 4) is 11.4 Å². The van der Waals surface area contributed by atoms with Crippen LogP contribution in [0.2, 0.25) is 0 Å².